The second-order valence-electron chi connectivity index (χ2n) is 9.58. The van der Waals surface area contributed by atoms with Crippen molar-refractivity contribution in [2.24, 2.45) is 5.92 Å². The van der Waals surface area contributed by atoms with E-state index in [9.17, 15) is 14.4 Å². The lowest BCUT2D eigenvalue weighted by Gasteiger charge is -2.34. The van der Waals surface area contributed by atoms with Crippen LogP contribution < -0.4 is 5.32 Å². The predicted molar refractivity (Wildman–Crippen MR) is 137 cm³/mol. The van der Waals surface area contributed by atoms with Crippen molar-refractivity contribution in [1.82, 2.24) is 10.2 Å². The van der Waals surface area contributed by atoms with Gasteiger partial charge in [0.1, 0.15) is 0 Å². The molecule has 1 aliphatic heterocycles. The highest BCUT2D eigenvalue weighted by Gasteiger charge is 2.37. The fraction of sp³-hybridized carbons (Fsp3) is 0.414. The van der Waals surface area contributed by atoms with Crippen LogP contribution in [0.3, 0.4) is 0 Å². The summed E-state index contributed by atoms with van der Waals surface area (Å²) in [5.41, 5.74) is 4.47. The summed E-state index contributed by atoms with van der Waals surface area (Å²) in [4.78, 5) is 40.7. The van der Waals surface area contributed by atoms with Gasteiger partial charge in [0.05, 0.1) is 18.7 Å². The van der Waals surface area contributed by atoms with Crippen molar-refractivity contribution in [2.45, 2.75) is 66.5 Å². The topological polar surface area (TPSA) is 75.7 Å². The number of nitrogens with zero attached hydrogens (tertiary/aromatic N) is 1. The number of aryl methyl sites for hydroxylation is 1. The monoisotopic (exact) mass is 476 g/mol. The van der Waals surface area contributed by atoms with E-state index in [4.69, 9.17) is 4.74 Å². The summed E-state index contributed by atoms with van der Waals surface area (Å²) in [7, 11) is 0. The number of carbonyl (C=O) groups excluding carboxylic acids is 3. The number of hydrogen-bond donors (Lipinski definition) is 1. The molecule has 1 heterocycles. The smallest absolute Gasteiger partial charge is 0.336 e. The highest BCUT2D eigenvalue weighted by atomic mass is 16.5. The predicted octanol–water partition coefficient (Wildman–Crippen LogP) is 5.12. The molecular weight excluding hydrogens is 440 g/mol. The molecule has 0 spiro atoms. The van der Waals surface area contributed by atoms with Crippen molar-refractivity contribution in [3.8, 4) is 0 Å². The molecule has 0 fully saturated rings. The third kappa shape index (κ3) is 6.18. The van der Waals surface area contributed by atoms with Crippen molar-refractivity contribution in [3.63, 3.8) is 0 Å². The number of ether oxygens (including phenoxy) is 1. The van der Waals surface area contributed by atoms with Gasteiger partial charge >= 0.3 is 5.97 Å². The molecule has 3 rings (SSSR count). The Morgan fingerprint density at radius 1 is 1.09 bits per heavy atom. The van der Waals surface area contributed by atoms with E-state index >= 15 is 0 Å². The van der Waals surface area contributed by atoms with Gasteiger partial charge in [-0.15, -0.1) is 0 Å². The highest BCUT2D eigenvalue weighted by molar-refractivity contribution is 5.96. The van der Waals surface area contributed by atoms with Crippen molar-refractivity contribution in [1.29, 1.82) is 0 Å². The summed E-state index contributed by atoms with van der Waals surface area (Å²) in [6, 6.07) is 15.2. The molecule has 6 heteroatoms. The summed E-state index contributed by atoms with van der Waals surface area (Å²) in [6.45, 7) is 12.2. The van der Waals surface area contributed by atoms with E-state index in [1.807, 2.05) is 50.2 Å². The molecular formula is C29H36N2O4. The van der Waals surface area contributed by atoms with Gasteiger partial charge in [-0.25, -0.2) is 4.79 Å². The fourth-order valence-electron chi connectivity index (χ4n) is 4.30. The second kappa shape index (κ2) is 11.3. The van der Waals surface area contributed by atoms with E-state index in [2.05, 4.69) is 19.2 Å². The van der Waals surface area contributed by atoms with Crippen molar-refractivity contribution < 1.29 is 19.1 Å². The van der Waals surface area contributed by atoms with Crippen LogP contribution in [0, 0.1) is 12.8 Å². The Labute approximate surface area is 208 Å². The molecule has 35 heavy (non-hydrogen) atoms. The molecule has 0 radical (unpaired) electrons. The number of benzene rings is 2. The number of carbonyl (C=O) groups is 3. The lowest BCUT2D eigenvalue weighted by Crippen LogP contribution is -2.38. The van der Waals surface area contributed by atoms with Gasteiger partial charge in [-0.1, -0.05) is 55.8 Å². The molecule has 0 aliphatic carbocycles. The maximum atomic E-state index is 13.3. The summed E-state index contributed by atoms with van der Waals surface area (Å²) in [5.74, 6) is -0.636. The minimum Gasteiger partial charge on any atom is -0.463 e. The van der Waals surface area contributed by atoms with Crippen LogP contribution in [0.1, 0.15) is 74.0 Å². The summed E-state index contributed by atoms with van der Waals surface area (Å²) in [6.07, 6.45) is 0.182. The molecule has 1 N–H and O–H groups in total. The summed E-state index contributed by atoms with van der Waals surface area (Å²) >= 11 is 0. The van der Waals surface area contributed by atoms with Crippen LogP contribution in [0.5, 0.6) is 0 Å². The number of allylic oxidation sites excluding steroid dienone is 1. The lowest BCUT2D eigenvalue weighted by molar-refractivity contribution is -0.140. The van der Waals surface area contributed by atoms with E-state index in [-0.39, 0.29) is 43.3 Å². The SMILES string of the molecule is CCOC(=O)C1=C(C)N(Cc2cccc(C(=O)NC(C)C(C)C)c2)C(=O)CC1c1cccc(C)c1. The van der Waals surface area contributed by atoms with E-state index in [1.54, 1.807) is 30.9 Å². The number of hydrogen-bond acceptors (Lipinski definition) is 4. The standard InChI is InChI=1S/C29H36N2O4/c1-7-35-29(34)27-21(6)31(26(32)16-25(27)23-12-8-10-19(4)14-23)17-22-11-9-13-24(15-22)28(33)30-20(5)18(2)3/h8-15,18,20,25H,7,16-17H2,1-6H3,(H,30,33). The van der Waals surface area contributed by atoms with Crippen LogP contribution in [0.2, 0.25) is 0 Å². The second-order valence-corrected chi connectivity index (χ2v) is 9.58. The molecule has 2 unspecified atom stereocenters. The summed E-state index contributed by atoms with van der Waals surface area (Å²) in [5, 5.41) is 3.02. The highest BCUT2D eigenvalue weighted by Crippen LogP contribution is 2.38. The number of rotatable bonds is 8. The van der Waals surface area contributed by atoms with Crippen LogP contribution in [-0.2, 0) is 20.9 Å². The molecule has 0 bridgehead atoms. The minimum atomic E-state index is -0.398. The average molecular weight is 477 g/mol. The van der Waals surface area contributed by atoms with Crippen LogP contribution in [0.25, 0.3) is 0 Å². The largest absolute Gasteiger partial charge is 0.463 e. The Morgan fingerprint density at radius 3 is 2.46 bits per heavy atom. The lowest BCUT2D eigenvalue weighted by atomic mass is 9.83. The molecule has 2 atom stereocenters. The maximum absolute atomic E-state index is 13.3. The number of esters is 1. The third-order valence-electron chi connectivity index (χ3n) is 6.65. The Morgan fingerprint density at radius 2 is 1.80 bits per heavy atom. The zero-order valence-electron chi connectivity index (χ0n) is 21.6. The first kappa shape index (κ1) is 26.2. The van der Waals surface area contributed by atoms with Gasteiger partial charge in [0.25, 0.3) is 5.91 Å². The Kier molecular flexibility index (Phi) is 8.49. The zero-order chi connectivity index (χ0) is 25.7. The van der Waals surface area contributed by atoms with Crippen molar-refractivity contribution in [3.05, 3.63) is 82.1 Å². The maximum Gasteiger partial charge on any atom is 0.336 e. The first-order valence-electron chi connectivity index (χ1n) is 12.3. The van der Waals surface area contributed by atoms with Crippen LogP contribution in [-0.4, -0.2) is 35.3 Å². The molecule has 2 aromatic carbocycles. The molecule has 186 valence electrons. The molecule has 6 nitrogen and oxygen atoms in total. The first-order chi connectivity index (χ1) is 16.6. The molecule has 2 aromatic rings. The average Bonchev–Trinajstić information content (AvgIpc) is 2.81. The van der Waals surface area contributed by atoms with Gasteiger partial charge in [0.2, 0.25) is 5.91 Å². The van der Waals surface area contributed by atoms with Gasteiger partial charge in [-0.2, -0.15) is 0 Å². The Balaban J connectivity index is 1.93. The van der Waals surface area contributed by atoms with E-state index in [0.717, 1.165) is 16.7 Å². The Bertz CT molecular complexity index is 1140. The Hall–Kier alpha value is -3.41. The quantitative estimate of drug-likeness (QED) is 0.537. The fourth-order valence-corrected chi connectivity index (χ4v) is 4.30. The first-order valence-corrected chi connectivity index (χ1v) is 12.3. The van der Waals surface area contributed by atoms with Crippen molar-refractivity contribution >= 4 is 17.8 Å². The van der Waals surface area contributed by atoms with Crippen molar-refractivity contribution in [2.75, 3.05) is 6.61 Å². The van der Waals surface area contributed by atoms with Gasteiger partial charge in [-0.05, 0) is 56.9 Å². The minimum absolute atomic E-state index is 0.0469. The number of amides is 2. The van der Waals surface area contributed by atoms with Gasteiger partial charge in [-0.3, -0.25) is 9.59 Å². The van der Waals surface area contributed by atoms with Crippen LogP contribution >= 0.6 is 0 Å². The molecule has 2 amide bonds. The summed E-state index contributed by atoms with van der Waals surface area (Å²) < 4.78 is 5.39. The van der Waals surface area contributed by atoms with E-state index in [0.29, 0.717) is 22.8 Å². The van der Waals surface area contributed by atoms with E-state index < -0.39 is 5.97 Å². The van der Waals surface area contributed by atoms with Crippen LogP contribution in [0.4, 0.5) is 0 Å². The van der Waals surface area contributed by atoms with Gasteiger partial charge < -0.3 is 15.0 Å². The van der Waals surface area contributed by atoms with Crippen LogP contribution in [0.15, 0.2) is 59.8 Å². The third-order valence-corrected chi connectivity index (χ3v) is 6.65. The molecule has 0 saturated heterocycles. The molecule has 0 saturated carbocycles. The van der Waals surface area contributed by atoms with Gasteiger partial charge in [0, 0.05) is 29.6 Å². The van der Waals surface area contributed by atoms with Gasteiger partial charge in [0.15, 0.2) is 0 Å². The molecule has 1 aliphatic rings. The number of nitrogens with one attached hydrogen (secondary N) is 1. The van der Waals surface area contributed by atoms with E-state index in [1.165, 1.54) is 0 Å². The molecule has 0 aromatic heterocycles. The normalized spacial score (nSPS) is 16.9. The zero-order valence-corrected chi connectivity index (χ0v) is 21.6.